The first-order chi connectivity index (χ1) is 12.4. The van der Waals surface area contributed by atoms with Gasteiger partial charge in [-0.3, -0.25) is 0 Å². The van der Waals surface area contributed by atoms with Crippen LogP contribution < -0.4 is 9.46 Å². The van der Waals surface area contributed by atoms with Crippen LogP contribution in [0.1, 0.15) is 38.0 Å². The molecule has 138 valence electrons. The molecule has 0 amide bonds. The average Bonchev–Trinajstić information content (AvgIpc) is 3.25. The maximum atomic E-state index is 12.1. The summed E-state index contributed by atoms with van der Waals surface area (Å²) in [5, 5.41) is 8.48. The molecule has 1 N–H and O–H groups in total. The Balaban J connectivity index is 1.67. The van der Waals surface area contributed by atoms with Crippen molar-refractivity contribution >= 4 is 21.4 Å². The van der Waals surface area contributed by atoms with E-state index in [1.165, 1.54) is 11.3 Å². The van der Waals surface area contributed by atoms with Crippen LogP contribution in [0.2, 0.25) is 0 Å². The minimum absolute atomic E-state index is 0.152. The molecule has 1 saturated carbocycles. The number of nitrogens with zero attached hydrogens (tertiary/aromatic N) is 1. The van der Waals surface area contributed by atoms with Gasteiger partial charge >= 0.3 is 0 Å². The van der Waals surface area contributed by atoms with Crippen LogP contribution in [0.5, 0.6) is 5.75 Å². The van der Waals surface area contributed by atoms with Gasteiger partial charge in [-0.2, -0.15) is 5.26 Å². The topological polar surface area (TPSA) is 79.2 Å². The van der Waals surface area contributed by atoms with E-state index in [0.29, 0.717) is 4.88 Å². The zero-order valence-corrected chi connectivity index (χ0v) is 16.4. The van der Waals surface area contributed by atoms with Gasteiger partial charge in [-0.25, -0.2) is 13.1 Å². The van der Waals surface area contributed by atoms with E-state index in [9.17, 15) is 8.42 Å². The van der Waals surface area contributed by atoms with Crippen molar-refractivity contribution in [2.45, 2.75) is 50.5 Å². The van der Waals surface area contributed by atoms with Crippen molar-refractivity contribution in [2.75, 3.05) is 0 Å². The lowest BCUT2D eigenvalue weighted by molar-refractivity contribution is 0.185. The minimum Gasteiger partial charge on any atom is -0.489 e. The summed E-state index contributed by atoms with van der Waals surface area (Å²) in [5.41, 5.74) is 1.03. The SMILES string of the molecule is CC(C)S(=O)(=O)NC1CCCC1Oc1ccc(-c2ccc(C#N)s2)cc1. The molecule has 3 rings (SSSR count). The molecule has 26 heavy (non-hydrogen) atoms. The number of benzene rings is 1. The number of thiophene rings is 1. The molecular weight excluding hydrogens is 368 g/mol. The van der Waals surface area contributed by atoms with E-state index >= 15 is 0 Å². The summed E-state index contributed by atoms with van der Waals surface area (Å²) in [6.45, 7) is 3.35. The normalized spacial score (nSPS) is 20.2. The molecule has 5 nitrogen and oxygen atoms in total. The van der Waals surface area contributed by atoms with Crippen molar-refractivity contribution in [3.8, 4) is 22.3 Å². The van der Waals surface area contributed by atoms with Crippen LogP contribution in [-0.2, 0) is 10.0 Å². The third-order valence-electron chi connectivity index (χ3n) is 4.53. The Morgan fingerprint density at radius 2 is 1.92 bits per heavy atom. The standard InChI is InChI=1S/C19H22N2O3S2/c1-13(2)26(22,23)21-17-4-3-5-18(17)24-15-8-6-14(7-9-15)19-11-10-16(12-20)25-19/h6-11,13,17-18,21H,3-5H2,1-2H3. The molecule has 2 aromatic rings. The number of nitriles is 1. The van der Waals surface area contributed by atoms with Gasteiger partial charge < -0.3 is 4.74 Å². The van der Waals surface area contributed by atoms with Gasteiger partial charge in [0.25, 0.3) is 0 Å². The van der Waals surface area contributed by atoms with Gasteiger partial charge in [0.15, 0.2) is 0 Å². The van der Waals surface area contributed by atoms with E-state index in [0.717, 1.165) is 35.5 Å². The highest BCUT2D eigenvalue weighted by atomic mass is 32.2. The minimum atomic E-state index is -3.30. The monoisotopic (exact) mass is 390 g/mol. The second-order valence-corrected chi connectivity index (χ2v) is 10.1. The third-order valence-corrected chi connectivity index (χ3v) is 7.44. The fourth-order valence-corrected chi connectivity index (χ4v) is 4.75. The lowest BCUT2D eigenvalue weighted by Crippen LogP contribution is -2.44. The van der Waals surface area contributed by atoms with E-state index in [4.69, 9.17) is 10.00 Å². The highest BCUT2D eigenvalue weighted by Crippen LogP contribution is 2.31. The number of hydrogen-bond acceptors (Lipinski definition) is 5. The fraction of sp³-hybridized carbons (Fsp3) is 0.421. The first-order valence-corrected chi connectivity index (χ1v) is 11.0. The van der Waals surface area contributed by atoms with Crippen LogP contribution in [0.15, 0.2) is 36.4 Å². The summed E-state index contributed by atoms with van der Waals surface area (Å²) >= 11 is 1.46. The zero-order valence-electron chi connectivity index (χ0n) is 14.8. The van der Waals surface area contributed by atoms with Crippen LogP contribution in [0.4, 0.5) is 0 Å². The molecule has 0 radical (unpaired) electrons. The van der Waals surface area contributed by atoms with Crippen LogP contribution >= 0.6 is 11.3 Å². The van der Waals surface area contributed by atoms with Crippen molar-refractivity contribution in [1.29, 1.82) is 5.26 Å². The van der Waals surface area contributed by atoms with E-state index < -0.39 is 15.3 Å². The van der Waals surface area contributed by atoms with Crippen LogP contribution in [-0.4, -0.2) is 25.8 Å². The van der Waals surface area contributed by atoms with Crippen LogP contribution in [0, 0.1) is 11.3 Å². The molecular formula is C19H22N2O3S2. The first kappa shape index (κ1) is 18.9. The smallest absolute Gasteiger partial charge is 0.214 e. The Hall–Kier alpha value is -1.88. The Kier molecular flexibility index (Phi) is 5.66. The fourth-order valence-electron chi connectivity index (χ4n) is 2.97. The molecule has 0 saturated heterocycles. The Morgan fingerprint density at radius 3 is 2.54 bits per heavy atom. The summed E-state index contributed by atoms with van der Waals surface area (Å²) in [6.07, 6.45) is 2.42. The Labute approximate surface area is 158 Å². The molecule has 7 heteroatoms. The molecule has 1 heterocycles. The summed E-state index contributed by atoms with van der Waals surface area (Å²) in [4.78, 5) is 1.73. The average molecular weight is 391 g/mol. The Bertz CT molecular complexity index is 896. The molecule has 0 spiro atoms. The van der Waals surface area contributed by atoms with Crippen molar-refractivity contribution in [2.24, 2.45) is 0 Å². The predicted molar refractivity (Wildman–Crippen MR) is 104 cm³/mol. The quantitative estimate of drug-likeness (QED) is 0.811. The lowest BCUT2D eigenvalue weighted by atomic mass is 10.2. The number of nitrogens with one attached hydrogen (secondary N) is 1. The van der Waals surface area contributed by atoms with Gasteiger partial charge in [0.05, 0.1) is 11.3 Å². The van der Waals surface area contributed by atoms with Crippen LogP contribution in [0.25, 0.3) is 10.4 Å². The molecule has 1 aliphatic carbocycles. The third kappa shape index (κ3) is 4.26. The molecule has 2 unspecified atom stereocenters. The summed E-state index contributed by atoms with van der Waals surface area (Å²) in [7, 11) is -3.30. The summed E-state index contributed by atoms with van der Waals surface area (Å²) in [6, 6.07) is 13.4. The molecule has 1 fully saturated rings. The zero-order chi connectivity index (χ0) is 18.7. The van der Waals surface area contributed by atoms with E-state index in [2.05, 4.69) is 10.8 Å². The molecule has 1 aromatic carbocycles. The largest absolute Gasteiger partial charge is 0.489 e. The molecule has 1 aliphatic rings. The first-order valence-electron chi connectivity index (χ1n) is 8.67. The highest BCUT2D eigenvalue weighted by molar-refractivity contribution is 7.90. The molecule has 0 bridgehead atoms. The highest BCUT2D eigenvalue weighted by Gasteiger charge is 2.33. The van der Waals surface area contributed by atoms with E-state index in [-0.39, 0.29) is 12.1 Å². The van der Waals surface area contributed by atoms with Crippen molar-refractivity contribution in [3.05, 3.63) is 41.3 Å². The van der Waals surface area contributed by atoms with Gasteiger partial charge in [-0.15, -0.1) is 11.3 Å². The second kappa shape index (κ2) is 7.78. The van der Waals surface area contributed by atoms with Crippen molar-refractivity contribution in [1.82, 2.24) is 4.72 Å². The van der Waals surface area contributed by atoms with Crippen molar-refractivity contribution < 1.29 is 13.2 Å². The van der Waals surface area contributed by atoms with Gasteiger partial charge in [0.2, 0.25) is 10.0 Å². The number of ether oxygens (including phenoxy) is 1. The van der Waals surface area contributed by atoms with E-state index in [1.807, 2.05) is 36.4 Å². The lowest BCUT2D eigenvalue weighted by Gasteiger charge is -2.23. The van der Waals surface area contributed by atoms with Gasteiger partial charge in [0, 0.05) is 4.88 Å². The van der Waals surface area contributed by atoms with Crippen LogP contribution in [0.3, 0.4) is 0 Å². The van der Waals surface area contributed by atoms with Gasteiger partial charge in [-0.05, 0) is 75.1 Å². The molecule has 2 atom stereocenters. The van der Waals surface area contributed by atoms with Crippen molar-refractivity contribution in [3.63, 3.8) is 0 Å². The Morgan fingerprint density at radius 1 is 1.19 bits per heavy atom. The second-order valence-electron chi connectivity index (χ2n) is 6.71. The maximum Gasteiger partial charge on any atom is 0.214 e. The predicted octanol–water partition coefficient (Wildman–Crippen LogP) is 3.91. The van der Waals surface area contributed by atoms with Gasteiger partial charge in [-0.1, -0.05) is 0 Å². The van der Waals surface area contributed by atoms with E-state index in [1.54, 1.807) is 13.8 Å². The summed E-state index contributed by atoms with van der Waals surface area (Å²) < 4.78 is 33.1. The number of sulfonamides is 1. The molecule has 0 aliphatic heterocycles. The summed E-state index contributed by atoms with van der Waals surface area (Å²) in [5.74, 6) is 0.728. The number of rotatable bonds is 6. The molecule has 1 aromatic heterocycles. The maximum absolute atomic E-state index is 12.1. The number of hydrogen-bond donors (Lipinski definition) is 1. The van der Waals surface area contributed by atoms with Gasteiger partial charge in [0.1, 0.15) is 22.8 Å².